The van der Waals surface area contributed by atoms with E-state index in [9.17, 15) is 8.78 Å². The van der Waals surface area contributed by atoms with Gasteiger partial charge in [0.25, 0.3) is 0 Å². The third kappa shape index (κ3) is 2.88. The Labute approximate surface area is 116 Å². The number of aromatic nitrogens is 2. The normalized spacial score (nSPS) is 16.4. The molecule has 3 rings (SSSR count). The number of nitrogens with zero attached hydrogens (tertiary/aromatic N) is 3. The first-order chi connectivity index (χ1) is 9.60. The Morgan fingerprint density at radius 1 is 1.30 bits per heavy atom. The van der Waals surface area contributed by atoms with Gasteiger partial charge >= 0.3 is 0 Å². The highest BCUT2D eigenvalue weighted by atomic mass is 19.1. The van der Waals surface area contributed by atoms with E-state index in [1.165, 1.54) is 12.1 Å². The first-order valence-electron chi connectivity index (χ1n) is 6.75. The van der Waals surface area contributed by atoms with E-state index in [2.05, 4.69) is 10.00 Å². The minimum Gasteiger partial charge on any atom is -0.298 e. The van der Waals surface area contributed by atoms with Crippen LogP contribution in [0.15, 0.2) is 30.6 Å². The van der Waals surface area contributed by atoms with Crippen molar-refractivity contribution in [1.29, 1.82) is 0 Å². The summed E-state index contributed by atoms with van der Waals surface area (Å²) in [5, 5.41) is 4.26. The molecule has 1 aliphatic rings. The summed E-state index contributed by atoms with van der Waals surface area (Å²) in [6.07, 6.45) is 3.87. The van der Waals surface area contributed by atoms with Crippen molar-refractivity contribution in [3.8, 4) is 0 Å². The van der Waals surface area contributed by atoms with Crippen molar-refractivity contribution in [2.45, 2.75) is 20.0 Å². The molecular weight excluding hydrogens is 260 g/mol. The van der Waals surface area contributed by atoms with Crippen LogP contribution in [-0.4, -0.2) is 27.8 Å². The second kappa shape index (κ2) is 5.32. The van der Waals surface area contributed by atoms with Gasteiger partial charge in [0.05, 0.1) is 6.20 Å². The summed E-state index contributed by atoms with van der Waals surface area (Å²) in [5.41, 5.74) is 1.58. The van der Waals surface area contributed by atoms with Gasteiger partial charge in [0.2, 0.25) is 0 Å². The van der Waals surface area contributed by atoms with E-state index in [4.69, 9.17) is 0 Å². The van der Waals surface area contributed by atoms with E-state index in [0.717, 1.165) is 31.3 Å². The predicted molar refractivity (Wildman–Crippen MR) is 72.1 cm³/mol. The third-order valence-electron chi connectivity index (χ3n) is 3.64. The van der Waals surface area contributed by atoms with Crippen molar-refractivity contribution in [1.82, 2.24) is 14.7 Å². The molecule has 0 N–H and O–H groups in total. The van der Waals surface area contributed by atoms with Crippen molar-refractivity contribution < 1.29 is 8.78 Å². The van der Waals surface area contributed by atoms with Crippen LogP contribution in [0.2, 0.25) is 0 Å². The number of hydrogen-bond donors (Lipinski definition) is 0. The lowest BCUT2D eigenvalue weighted by Gasteiger charge is -2.39. The van der Waals surface area contributed by atoms with E-state index in [0.29, 0.717) is 18.0 Å². The van der Waals surface area contributed by atoms with E-state index in [1.54, 1.807) is 0 Å². The summed E-state index contributed by atoms with van der Waals surface area (Å²) >= 11 is 0. The summed E-state index contributed by atoms with van der Waals surface area (Å²) in [6.45, 7) is 5.17. The Morgan fingerprint density at radius 3 is 2.80 bits per heavy atom. The first kappa shape index (κ1) is 13.2. The standard InChI is InChI=1S/C15H17F2N3/c1-11-5-18-20(6-11)9-12-7-19(8-12)10-13-4-14(16)2-3-15(13)17/h2-6,12H,7-10H2,1H3. The van der Waals surface area contributed by atoms with Gasteiger partial charge in [0.1, 0.15) is 11.6 Å². The molecule has 20 heavy (non-hydrogen) atoms. The Morgan fingerprint density at radius 2 is 2.10 bits per heavy atom. The maximum Gasteiger partial charge on any atom is 0.127 e. The summed E-state index contributed by atoms with van der Waals surface area (Å²) in [5.74, 6) is -0.186. The minimum absolute atomic E-state index is 0.336. The molecule has 1 fully saturated rings. The maximum absolute atomic E-state index is 13.5. The van der Waals surface area contributed by atoms with Gasteiger partial charge in [-0.2, -0.15) is 5.10 Å². The number of halogens is 2. The average molecular weight is 277 g/mol. The highest BCUT2D eigenvalue weighted by Crippen LogP contribution is 2.21. The smallest absolute Gasteiger partial charge is 0.127 e. The van der Waals surface area contributed by atoms with Crippen LogP contribution in [0.5, 0.6) is 0 Å². The molecule has 0 radical (unpaired) electrons. The van der Waals surface area contributed by atoms with Crippen molar-refractivity contribution in [2.24, 2.45) is 5.92 Å². The van der Waals surface area contributed by atoms with Crippen LogP contribution in [0, 0.1) is 24.5 Å². The zero-order valence-electron chi connectivity index (χ0n) is 11.4. The molecule has 1 saturated heterocycles. The number of likely N-dealkylation sites (tertiary alicyclic amines) is 1. The molecule has 0 aliphatic carbocycles. The Balaban J connectivity index is 1.52. The van der Waals surface area contributed by atoms with E-state index in [1.807, 2.05) is 24.0 Å². The lowest BCUT2D eigenvalue weighted by Crippen LogP contribution is -2.47. The van der Waals surface area contributed by atoms with Gasteiger partial charge in [0.15, 0.2) is 0 Å². The molecule has 2 heterocycles. The van der Waals surface area contributed by atoms with Crippen LogP contribution in [0.25, 0.3) is 0 Å². The molecule has 0 saturated carbocycles. The summed E-state index contributed by atoms with van der Waals surface area (Å²) in [7, 11) is 0. The van der Waals surface area contributed by atoms with E-state index < -0.39 is 0 Å². The van der Waals surface area contributed by atoms with E-state index in [-0.39, 0.29) is 11.6 Å². The molecule has 2 aromatic rings. The summed E-state index contributed by atoms with van der Waals surface area (Å²) in [6, 6.07) is 3.62. The fourth-order valence-electron chi connectivity index (χ4n) is 2.66. The molecule has 0 amide bonds. The topological polar surface area (TPSA) is 21.1 Å². The van der Waals surface area contributed by atoms with Crippen LogP contribution in [-0.2, 0) is 13.1 Å². The Hall–Kier alpha value is -1.75. The van der Waals surface area contributed by atoms with Crippen molar-refractivity contribution >= 4 is 0 Å². The molecule has 1 aliphatic heterocycles. The zero-order valence-corrected chi connectivity index (χ0v) is 11.4. The largest absolute Gasteiger partial charge is 0.298 e. The molecule has 106 valence electrons. The molecule has 0 bridgehead atoms. The number of rotatable bonds is 4. The molecule has 5 heteroatoms. The molecule has 0 unspecified atom stereocenters. The first-order valence-corrected chi connectivity index (χ1v) is 6.75. The van der Waals surface area contributed by atoms with Gasteiger partial charge in [-0.1, -0.05) is 0 Å². The van der Waals surface area contributed by atoms with Crippen LogP contribution in [0.4, 0.5) is 8.78 Å². The Bertz CT molecular complexity index is 603. The lowest BCUT2D eigenvalue weighted by molar-refractivity contribution is 0.0765. The Kier molecular flexibility index (Phi) is 3.53. The molecule has 0 spiro atoms. The van der Waals surface area contributed by atoms with Crippen LogP contribution >= 0.6 is 0 Å². The highest BCUT2D eigenvalue weighted by molar-refractivity contribution is 5.19. The van der Waals surface area contributed by atoms with Crippen LogP contribution in [0.3, 0.4) is 0 Å². The van der Waals surface area contributed by atoms with Crippen LogP contribution < -0.4 is 0 Å². The van der Waals surface area contributed by atoms with Crippen molar-refractivity contribution in [3.05, 3.63) is 53.4 Å². The number of aryl methyl sites for hydroxylation is 1. The molecule has 0 atom stereocenters. The molecular formula is C15H17F2N3. The predicted octanol–water partition coefficient (Wildman–Crippen LogP) is 2.60. The van der Waals surface area contributed by atoms with E-state index >= 15 is 0 Å². The second-order valence-electron chi connectivity index (χ2n) is 5.54. The fourth-order valence-corrected chi connectivity index (χ4v) is 2.66. The highest BCUT2D eigenvalue weighted by Gasteiger charge is 2.27. The molecule has 3 nitrogen and oxygen atoms in total. The summed E-state index contributed by atoms with van der Waals surface area (Å²) in [4.78, 5) is 2.12. The van der Waals surface area contributed by atoms with Gasteiger partial charge in [-0.15, -0.1) is 0 Å². The number of benzene rings is 1. The third-order valence-corrected chi connectivity index (χ3v) is 3.64. The van der Waals surface area contributed by atoms with Gasteiger partial charge in [0, 0.05) is 43.9 Å². The maximum atomic E-state index is 13.5. The summed E-state index contributed by atoms with van der Waals surface area (Å²) < 4.78 is 28.6. The van der Waals surface area contributed by atoms with Gasteiger partial charge in [-0.05, 0) is 30.7 Å². The fraction of sp³-hybridized carbons (Fsp3) is 0.400. The van der Waals surface area contributed by atoms with Crippen molar-refractivity contribution in [3.63, 3.8) is 0 Å². The minimum atomic E-state index is -0.384. The van der Waals surface area contributed by atoms with Crippen molar-refractivity contribution in [2.75, 3.05) is 13.1 Å². The average Bonchev–Trinajstić information content (AvgIpc) is 2.76. The molecule has 1 aromatic heterocycles. The lowest BCUT2D eigenvalue weighted by atomic mass is 9.99. The van der Waals surface area contributed by atoms with Gasteiger partial charge in [-0.25, -0.2) is 8.78 Å². The monoisotopic (exact) mass is 277 g/mol. The second-order valence-corrected chi connectivity index (χ2v) is 5.54. The van der Waals surface area contributed by atoms with Gasteiger partial charge in [-0.3, -0.25) is 9.58 Å². The molecule has 1 aromatic carbocycles. The quantitative estimate of drug-likeness (QED) is 0.856. The number of hydrogen-bond acceptors (Lipinski definition) is 2. The van der Waals surface area contributed by atoms with Gasteiger partial charge < -0.3 is 0 Å². The SMILES string of the molecule is Cc1cnn(CC2CN(Cc3cc(F)ccc3F)C2)c1. The zero-order chi connectivity index (χ0) is 14.1. The van der Waals surface area contributed by atoms with Crippen LogP contribution in [0.1, 0.15) is 11.1 Å².